The normalized spacial score (nSPS) is 19.1. The number of carbonyl (C=O) groups is 4. The summed E-state index contributed by atoms with van der Waals surface area (Å²) in [6.07, 6.45) is 0. The van der Waals surface area contributed by atoms with Gasteiger partial charge in [0.05, 0.1) is 10.9 Å². The molecule has 214 valence electrons. The topological polar surface area (TPSA) is 162 Å². The maximum Gasteiger partial charge on any atom is 0.357 e. The molecule has 2 aliphatic heterocycles. The number of esters is 2. The van der Waals surface area contributed by atoms with Crippen molar-refractivity contribution in [2.45, 2.75) is 43.5 Å². The Morgan fingerprint density at radius 1 is 1.27 bits per heavy atom. The van der Waals surface area contributed by atoms with E-state index in [2.05, 4.69) is 24.8 Å². The summed E-state index contributed by atoms with van der Waals surface area (Å²) in [5.41, 5.74) is 1.71. The molecule has 0 saturated carbocycles. The lowest BCUT2D eigenvalue weighted by Gasteiger charge is -2.49. The zero-order valence-corrected chi connectivity index (χ0v) is 25.4. The number of oxime groups is 1. The van der Waals surface area contributed by atoms with Crippen molar-refractivity contribution in [2.75, 3.05) is 25.4 Å². The van der Waals surface area contributed by atoms with Gasteiger partial charge >= 0.3 is 11.9 Å². The van der Waals surface area contributed by atoms with Crippen LogP contribution in [-0.4, -0.2) is 85.5 Å². The molecule has 17 heteroatoms. The lowest BCUT2D eigenvalue weighted by Crippen LogP contribution is -2.71. The van der Waals surface area contributed by atoms with E-state index in [1.807, 2.05) is 0 Å². The zero-order valence-electron chi connectivity index (χ0n) is 22.2. The van der Waals surface area contributed by atoms with Crippen molar-refractivity contribution < 1.29 is 33.5 Å². The predicted octanol–water partition coefficient (Wildman–Crippen LogP) is 2.19. The minimum atomic E-state index is -0.917. The number of β-lactam (4-membered cyclic amide) rings is 1. The molecule has 2 atom stereocenters. The van der Waals surface area contributed by atoms with Crippen LogP contribution >= 0.6 is 46.4 Å². The number of nitrogens with one attached hydrogen (secondary N) is 1. The quantitative estimate of drug-likeness (QED) is 0.102. The Morgan fingerprint density at radius 3 is 2.67 bits per heavy atom. The van der Waals surface area contributed by atoms with E-state index in [1.165, 1.54) is 58.4 Å². The molecule has 0 radical (unpaired) electrons. The summed E-state index contributed by atoms with van der Waals surface area (Å²) in [6, 6.07) is -0.917. The Morgan fingerprint density at radius 2 is 2.05 bits per heavy atom. The molecule has 2 aromatic heterocycles. The number of thioether (sulfide) groups is 2. The Balaban J connectivity index is 1.51. The molecule has 0 aromatic carbocycles. The maximum absolute atomic E-state index is 13.3. The van der Waals surface area contributed by atoms with Crippen LogP contribution < -0.4 is 5.32 Å². The molecular formula is C23H26N6O7S4. The number of nitrogens with zero attached hydrogens (tertiary/aromatic N) is 5. The van der Waals surface area contributed by atoms with Crippen LogP contribution in [0.25, 0.3) is 0 Å². The van der Waals surface area contributed by atoms with Gasteiger partial charge in [-0.1, -0.05) is 16.9 Å². The molecule has 0 aliphatic carbocycles. The van der Waals surface area contributed by atoms with Crippen LogP contribution in [0.5, 0.6) is 0 Å². The van der Waals surface area contributed by atoms with E-state index in [-0.39, 0.29) is 11.4 Å². The van der Waals surface area contributed by atoms with E-state index in [1.54, 1.807) is 38.6 Å². The first-order valence-corrected chi connectivity index (χ1v) is 15.5. The van der Waals surface area contributed by atoms with Gasteiger partial charge in [-0.15, -0.1) is 23.1 Å². The molecule has 0 bridgehead atoms. The Hall–Kier alpha value is -3.02. The second-order valence-electron chi connectivity index (χ2n) is 9.44. The Bertz CT molecular complexity index is 1350. The fourth-order valence-electron chi connectivity index (χ4n) is 3.52. The van der Waals surface area contributed by atoms with Gasteiger partial charge in [0.1, 0.15) is 35.7 Å². The lowest BCUT2D eigenvalue weighted by atomic mass is 9.98. The SMILES string of the molecule is CO/N=C(\C(=O)NC1C(=O)N2C(C(=O)OCOC(=O)C(C)(C)C)=C(CSc3nc(C)ns3)CS[C@@H]12)c1cscn1. The molecule has 40 heavy (non-hydrogen) atoms. The van der Waals surface area contributed by atoms with Gasteiger partial charge in [0.15, 0.2) is 10.1 Å². The molecule has 4 heterocycles. The van der Waals surface area contributed by atoms with Crippen molar-refractivity contribution in [1.29, 1.82) is 0 Å². The molecule has 4 rings (SSSR count). The number of amides is 2. The summed E-state index contributed by atoms with van der Waals surface area (Å²) in [6.45, 7) is 6.22. The lowest BCUT2D eigenvalue weighted by molar-refractivity contribution is -0.173. The second-order valence-corrected chi connectivity index (χ2v) is 13.2. The van der Waals surface area contributed by atoms with Crippen molar-refractivity contribution in [3.05, 3.63) is 33.7 Å². The number of aryl methyl sites for hydroxylation is 1. The number of hydrogen-bond donors (Lipinski definition) is 1. The maximum atomic E-state index is 13.3. The molecule has 1 N–H and O–H groups in total. The monoisotopic (exact) mass is 626 g/mol. The molecule has 1 unspecified atom stereocenters. The van der Waals surface area contributed by atoms with Crippen LogP contribution in [0, 0.1) is 12.3 Å². The largest absolute Gasteiger partial charge is 0.427 e. The van der Waals surface area contributed by atoms with E-state index in [0.717, 1.165) is 4.34 Å². The van der Waals surface area contributed by atoms with Crippen LogP contribution in [0.4, 0.5) is 0 Å². The second kappa shape index (κ2) is 12.7. The third kappa shape index (κ3) is 6.64. The number of rotatable bonds is 10. The minimum Gasteiger partial charge on any atom is -0.427 e. The summed E-state index contributed by atoms with van der Waals surface area (Å²) >= 11 is 5.31. The average Bonchev–Trinajstić information content (AvgIpc) is 3.59. The smallest absolute Gasteiger partial charge is 0.357 e. The highest BCUT2D eigenvalue weighted by molar-refractivity contribution is 8.01. The first-order chi connectivity index (χ1) is 19.0. The van der Waals surface area contributed by atoms with Crippen LogP contribution in [0.15, 0.2) is 31.7 Å². The van der Waals surface area contributed by atoms with Crippen molar-refractivity contribution in [1.82, 2.24) is 24.6 Å². The van der Waals surface area contributed by atoms with Gasteiger partial charge in [0, 0.05) is 16.9 Å². The molecule has 13 nitrogen and oxygen atoms in total. The van der Waals surface area contributed by atoms with Gasteiger partial charge < -0.3 is 19.6 Å². The summed E-state index contributed by atoms with van der Waals surface area (Å²) in [5, 5.41) is 7.52. The summed E-state index contributed by atoms with van der Waals surface area (Å²) in [4.78, 5) is 66.1. The first-order valence-electron chi connectivity index (χ1n) is 11.8. The number of aromatic nitrogens is 3. The van der Waals surface area contributed by atoms with Gasteiger partial charge in [-0.3, -0.25) is 19.3 Å². The van der Waals surface area contributed by atoms with Crippen molar-refractivity contribution in [3.63, 3.8) is 0 Å². The number of thiazole rings is 1. The average molecular weight is 627 g/mol. The number of carbonyl (C=O) groups excluding carboxylic acids is 4. The molecule has 2 amide bonds. The van der Waals surface area contributed by atoms with Crippen LogP contribution in [0.2, 0.25) is 0 Å². The number of hydrogen-bond acceptors (Lipinski definition) is 15. The molecular weight excluding hydrogens is 601 g/mol. The highest BCUT2D eigenvalue weighted by Gasteiger charge is 2.54. The van der Waals surface area contributed by atoms with Gasteiger partial charge in [-0.05, 0) is 44.8 Å². The van der Waals surface area contributed by atoms with E-state index < -0.39 is 47.4 Å². The summed E-state index contributed by atoms with van der Waals surface area (Å²) < 4.78 is 15.2. The van der Waals surface area contributed by atoms with E-state index in [4.69, 9.17) is 14.3 Å². The highest BCUT2D eigenvalue weighted by Crippen LogP contribution is 2.42. The van der Waals surface area contributed by atoms with Crippen LogP contribution in [0.1, 0.15) is 32.3 Å². The standard InChI is InChI=1S/C23H26N6O7S4/c1-11-25-22(40-28-11)39-7-12-6-38-19-15(26-17(30)14(27-34-5)13-8-37-9-24-13)18(31)29(19)16(12)20(32)35-10-36-21(33)23(2,3)4/h8-9,15,19H,6-7,10H2,1-5H3,(H,26,30)/b27-14-/t15?,19-/m0/s1. The van der Waals surface area contributed by atoms with Crippen molar-refractivity contribution in [2.24, 2.45) is 10.6 Å². The number of fused-ring (bicyclic) bond motifs is 1. The number of ether oxygens (including phenoxy) is 2. The van der Waals surface area contributed by atoms with Gasteiger partial charge in [-0.2, -0.15) is 4.37 Å². The minimum absolute atomic E-state index is 0.0603. The third-order valence-corrected chi connectivity index (χ3v) is 9.41. The molecule has 1 fully saturated rings. The molecule has 2 aromatic rings. The third-order valence-electron chi connectivity index (χ3n) is 5.47. The van der Waals surface area contributed by atoms with Gasteiger partial charge in [0.25, 0.3) is 11.8 Å². The van der Waals surface area contributed by atoms with Gasteiger partial charge in [0.2, 0.25) is 6.79 Å². The van der Waals surface area contributed by atoms with Gasteiger partial charge in [-0.25, -0.2) is 14.8 Å². The van der Waals surface area contributed by atoms with Crippen LogP contribution in [-0.2, 0) is 33.5 Å². The zero-order chi connectivity index (χ0) is 29.0. The Kier molecular flexibility index (Phi) is 9.48. The highest BCUT2D eigenvalue weighted by atomic mass is 32.2. The van der Waals surface area contributed by atoms with Crippen LogP contribution in [0.3, 0.4) is 0 Å². The summed E-state index contributed by atoms with van der Waals surface area (Å²) in [5.74, 6) is -1.08. The fourth-order valence-corrected chi connectivity index (χ4v) is 7.19. The van der Waals surface area contributed by atoms with E-state index >= 15 is 0 Å². The molecule has 0 spiro atoms. The van der Waals surface area contributed by atoms with Crippen molar-refractivity contribution in [3.8, 4) is 0 Å². The Labute approximate surface area is 246 Å². The molecule has 1 saturated heterocycles. The summed E-state index contributed by atoms with van der Waals surface area (Å²) in [7, 11) is 1.30. The first kappa shape index (κ1) is 30.0. The fraction of sp³-hybridized carbons (Fsp3) is 0.478. The van der Waals surface area contributed by atoms with E-state index in [0.29, 0.717) is 28.6 Å². The van der Waals surface area contributed by atoms with E-state index in [9.17, 15) is 19.2 Å². The van der Waals surface area contributed by atoms with Crippen molar-refractivity contribution >= 4 is 75.9 Å². The predicted molar refractivity (Wildman–Crippen MR) is 150 cm³/mol. The molecule has 2 aliphatic rings.